The molecule has 3 atom stereocenters. The summed E-state index contributed by atoms with van der Waals surface area (Å²) in [7, 11) is -4.52. The van der Waals surface area contributed by atoms with Crippen LogP contribution in [0.15, 0.2) is 67.5 Å². The fourth-order valence-electron chi connectivity index (χ4n) is 5.41. The van der Waals surface area contributed by atoms with Gasteiger partial charge in [0.2, 0.25) is 5.91 Å². The first kappa shape index (κ1) is 28.3. The van der Waals surface area contributed by atoms with Gasteiger partial charge in [-0.25, -0.2) is 13.4 Å². The van der Waals surface area contributed by atoms with Gasteiger partial charge in [0.15, 0.2) is 5.78 Å². The molecule has 2 amide bonds. The number of fused-ring (bicyclic) bond motifs is 1. The van der Waals surface area contributed by atoms with Crippen molar-refractivity contribution in [1.82, 2.24) is 29.1 Å². The highest BCUT2D eigenvalue weighted by Crippen LogP contribution is 2.33. The van der Waals surface area contributed by atoms with Crippen LogP contribution in [0.5, 0.6) is 0 Å². The molecule has 41 heavy (non-hydrogen) atoms. The van der Waals surface area contributed by atoms with E-state index in [0.717, 1.165) is 16.2 Å². The molecular formula is C28H30N6O6S. The summed E-state index contributed by atoms with van der Waals surface area (Å²) in [6.07, 6.45) is 8.16. The molecule has 4 heterocycles. The molecule has 2 aliphatic rings. The van der Waals surface area contributed by atoms with Gasteiger partial charge in [-0.2, -0.15) is 4.31 Å². The van der Waals surface area contributed by atoms with E-state index in [1.54, 1.807) is 47.6 Å². The van der Waals surface area contributed by atoms with Gasteiger partial charge in [-0.15, -0.1) is 0 Å². The Labute approximate surface area is 237 Å². The fraction of sp³-hybridized carbons (Fsp3) is 0.357. The van der Waals surface area contributed by atoms with Crippen LogP contribution in [0.1, 0.15) is 47.4 Å². The van der Waals surface area contributed by atoms with Crippen molar-refractivity contribution in [3.05, 3.63) is 78.6 Å². The van der Waals surface area contributed by atoms with Crippen LogP contribution in [-0.2, 0) is 19.6 Å². The molecule has 3 aromatic rings. The Morgan fingerprint density at radius 1 is 1.05 bits per heavy atom. The molecule has 2 aliphatic heterocycles. The van der Waals surface area contributed by atoms with Crippen molar-refractivity contribution in [2.24, 2.45) is 5.92 Å². The molecule has 214 valence electrons. The summed E-state index contributed by atoms with van der Waals surface area (Å²) >= 11 is 0. The minimum absolute atomic E-state index is 0.0412. The number of amides is 2. The molecule has 0 saturated carbocycles. The standard InChI is InChI=1S/C28H30N6O6S/c1-18(2)14-22(31-26(36)19-5-7-21(8-6-19)32-13-11-30-17-32)27(37)33-12-9-23-25(33)24(35)16-34(23)41(39,40)28(38)20-4-3-10-29-15-20/h3-8,10-11,13,15,17-18,22-23,25H,9,12,14,16H2,1-2H3,(H,31,36). The molecule has 3 unspecified atom stereocenters. The van der Waals surface area contributed by atoms with E-state index in [4.69, 9.17) is 0 Å². The zero-order chi connectivity index (χ0) is 29.3. The van der Waals surface area contributed by atoms with Gasteiger partial charge in [0.25, 0.3) is 21.0 Å². The van der Waals surface area contributed by atoms with E-state index in [2.05, 4.69) is 15.3 Å². The van der Waals surface area contributed by atoms with Crippen molar-refractivity contribution in [3.8, 4) is 5.69 Å². The molecule has 0 bridgehead atoms. The molecule has 5 rings (SSSR count). The number of sulfonamides is 1. The summed E-state index contributed by atoms with van der Waals surface area (Å²) in [5.41, 5.74) is 1.07. The van der Waals surface area contributed by atoms with Crippen LogP contribution < -0.4 is 5.32 Å². The van der Waals surface area contributed by atoms with E-state index < -0.39 is 57.4 Å². The predicted molar refractivity (Wildman–Crippen MR) is 147 cm³/mol. The molecule has 2 aromatic heterocycles. The second-order valence-corrected chi connectivity index (χ2v) is 12.3. The van der Waals surface area contributed by atoms with Crippen LogP contribution in [0.2, 0.25) is 0 Å². The number of hydrogen-bond acceptors (Lipinski definition) is 8. The maximum atomic E-state index is 13.8. The highest BCUT2D eigenvalue weighted by Gasteiger charge is 2.55. The van der Waals surface area contributed by atoms with Crippen LogP contribution >= 0.6 is 0 Å². The Hall–Kier alpha value is -4.23. The second-order valence-electron chi connectivity index (χ2n) is 10.6. The van der Waals surface area contributed by atoms with Gasteiger partial charge < -0.3 is 14.8 Å². The first-order valence-electron chi connectivity index (χ1n) is 13.3. The lowest BCUT2D eigenvalue weighted by Crippen LogP contribution is -2.53. The minimum Gasteiger partial charge on any atom is -0.340 e. The van der Waals surface area contributed by atoms with Crippen molar-refractivity contribution >= 4 is 32.7 Å². The number of benzene rings is 1. The maximum Gasteiger partial charge on any atom is 0.293 e. The lowest BCUT2D eigenvalue weighted by molar-refractivity contribution is -0.138. The Balaban J connectivity index is 1.32. The van der Waals surface area contributed by atoms with Gasteiger partial charge in [-0.05, 0) is 55.2 Å². The van der Waals surface area contributed by atoms with E-state index in [-0.39, 0.29) is 24.4 Å². The number of likely N-dealkylation sites (tertiary alicyclic amines) is 1. The highest BCUT2D eigenvalue weighted by molar-refractivity contribution is 8.04. The third kappa shape index (κ3) is 5.55. The van der Waals surface area contributed by atoms with Crippen LogP contribution in [-0.4, -0.2) is 86.1 Å². The van der Waals surface area contributed by atoms with Crippen LogP contribution in [0.25, 0.3) is 5.69 Å². The molecular weight excluding hydrogens is 548 g/mol. The lowest BCUT2D eigenvalue weighted by atomic mass is 10.0. The van der Waals surface area contributed by atoms with Crippen molar-refractivity contribution < 1.29 is 27.6 Å². The monoisotopic (exact) mass is 578 g/mol. The number of hydrogen-bond donors (Lipinski definition) is 1. The summed E-state index contributed by atoms with van der Waals surface area (Å²) in [5, 5.41) is 1.67. The number of imidazole rings is 1. The number of carbonyl (C=O) groups is 4. The number of nitrogens with zero attached hydrogens (tertiary/aromatic N) is 5. The van der Waals surface area contributed by atoms with E-state index in [9.17, 15) is 27.6 Å². The molecule has 1 aromatic carbocycles. The number of rotatable bonds is 8. The largest absolute Gasteiger partial charge is 0.340 e. The van der Waals surface area contributed by atoms with Crippen molar-refractivity contribution in [3.63, 3.8) is 0 Å². The first-order chi connectivity index (χ1) is 19.6. The molecule has 0 aliphatic carbocycles. The molecule has 0 spiro atoms. The number of Topliss-reactive ketones (excluding diaryl/α,β-unsaturated/α-hetero) is 1. The topological polar surface area (TPSA) is 152 Å². The normalized spacial score (nSPS) is 19.8. The summed E-state index contributed by atoms with van der Waals surface area (Å²) < 4.78 is 29.1. The Kier molecular flexibility index (Phi) is 7.82. The number of aromatic nitrogens is 3. The fourth-order valence-corrected chi connectivity index (χ4v) is 6.92. The third-order valence-corrected chi connectivity index (χ3v) is 9.06. The van der Waals surface area contributed by atoms with Gasteiger partial charge in [0.05, 0.1) is 24.5 Å². The number of carbonyl (C=O) groups excluding carboxylic acids is 4. The summed E-state index contributed by atoms with van der Waals surface area (Å²) in [6.45, 7) is 3.45. The molecule has 1 N–H and O–H groups in total. The maximum absolute atomic E-state index is 13.8. The van der Waals surface area contributed by atoms with Crippen molar-refractivity contribution in [2.45, 2.75) is 44.8 Å². The zero-order valence-electron chi connectivity index (χ0n) is 22.6. The van der Waals surface area contributed by atoms with Gasteiger partial charge in [0.1, 0.15) is 12.1 Å². The Bertz CT molecular complexity index is 1560. The number of nitrogens with one attached hydrogen (secondary N) is 1. The first-order valence-corrected chi connectivity index (χ1v) is 14.7. The number of pyridine rings is 1. The van der Waals surface area contributed by atoms with E-state index in [0.29, 0.717) is 12.0 Å². The van der Waals surface area contributed by atoms with Gasteiger partial charge >= 0.3 is 0 Å². The lowest BCUT2D eigenvalue weighted by Gasteiger charge is -2.29. The van der Waals surface area contributed by atoms with Crippen molar-refractivity contribution in [2.75, 3.05) is 13.1 Å². The summed E-state index contributed by atoms with van der Waals surface area (Å²) in [5.74, 6) is -1.32. The van der Waals surface area contributed by atoms with E-state index in [1.807, 2.05) is 13.8 Å². The molecule has 0 radical (unpaired) electrons. The van der Waals surface area contributed by atoms with Crippen LogP contribution in [0, 0.1) is 5.92 Å². The predicted octanol–water partition coefficient (Wildman–Crippen LogP) is 1.44. The second kappa shape index (κ2) is 11.3. The number of ketones is 1. The molecule has 2 saturated heterocycles. The zero-order valence-corrected chi connectivity index (χ0v) is 23.4. The van der Waals surface area contributed by atoms with E-state index in [1.165, 1.54) is 23.2 Å². The Morgan fingerprint density at radius 2 is 1.80 bits per heavy atom. The average Bonchev–Trinajstić information content (AvgIpc) is 3.71. The molecule has 12 nitrogen and oxygen atoms in total. The molecule has 2 fully saturated rings. The average molecular weight is 579 g/mol. The highest BCUT2D eigenvalue weighted by atomic mass is 32.2. The van der Waals surface area contributed by atoms with Crippen molar-refractivity contribution in [1.29, 1.82) is 0 Å². The minimum atomic E-state index is -4.52. The van der Waals surface area contributed by atoms with Crippen LogP contribution in [0.3, 0.4) is 0 Å². The Morgan fingerprint density at radius 3 is 2.44 bits per heavy atom. The smallest absolute Gasteiger partial charge is 0.293 e. The SMILES string of the molecule is CC(C)CC(NC(=O)c1ccc(-n2ccnc2)cc1)C(=O)N1CCC2C1C(=O)CN2S(=O)(=O)C(=O)c1cccnc1. The van der Waals surface area contributed by atoms with Crippen LogP contribution in [0.4, 0.5) is 0 Å². The third-order valence-electron chi connectivity index (χ3n) is 7.34. The molecule has 13 heteroatoms. The van der Waals surface area contributed by atoms with E-state index >= 15 is 0 Å². The van der Waals surface area contributed by atoms with Gasteiger partial charge in [-0.3, -0.25) is 24.2 Å². The van der Waals surface area contributed by atoms with Gasteiger partial charge in [0, 0.05) is 42.6 Å². The quantitative estimate of drug-likeness (QED) is 0.422. The summed E-state index contributed by atoms with van der Waals surface area (Å²) in [4.78, 5) is 62.0. The van der Waals surface area contributed by atoms with Gasteiger partial charge in [-0.1, -0.05) is 13.8 Å². The summed E-state index contributed by atoms with van der Waals surface area (Å²) in [6, 6.07) is 6.81.